The predicted octanol–water partition coefficient (Wildman–Crippen LogP) is 2.44. The van der Waals surface area contributed by atoms with Gasteiger partial charge in [-0.2, -0.15) is 0 Å². The Morgan fingerprint density at radius 3 is 2.89 bits per heavy atom. The minimum atomic E-state index is -0.254. The summed E-state index contributed by atoms with van der Waals surface area (Å²) < 4.78 is 17.7. The van der Waals surface area contributed by atoms with Crippen LogP contribution in [0.3, 0.4) is 0 Å². The average Bonchev–Trinajstić information content (AvgIpc) is 3.25. The van der Waals surface area contributed by atoms with Crippen LogP contribution in [0, 0.1) is 12.8 Å². The second kappa shape index (κ2) is 3.29. The lowest BCUT2D eigenvalue weighted by Crippen LogP contribution is -2.45. The Kier molecular flexibility index (Phi) is 1.91. The van der Waals surface area contributed by atoms with Gasteiger partial charge in [-0.15, -0.1) is 0 Å². The molecule has 2 atom stereocenters. The minimum absolute atomic E-state index is 0.0400. The Balaban J connectivity index is 1.61. The molecule has 2 aliphatic carbocycles. The third kappa shape index (κ3) is 1.23. The van der Waals surface area contributed by atoms with Gasteiger partial charge < -0.3 is 14.2 Å². The molecular weight excluding hydrogens is 228 g/mol. The topological polar surface area (TPSA) is 27.7 Å². The average molecular weight is 243 g/mol. The first-order valence-corrected chi connectivity index (χ1v) is 6.39. The largest absolute Gasteiger partial charge is 0.486 e. The molecule has 3 nitrogen and oxygen atoms in total. The molecule has 18 heavy (non-hydrogen) atoms. The molecule has 1 fully saturated rings. The van der Waals surface area contributed by atoms with E-state index >= 15 is 0 Å². The van der Waals surface area contributed by atoms with E-state index in [1.807, 2.05) is 25.1 Å². The lowest BCUT2D eigenvalue weighted by atomic mass is 10.0. The molecule has 3 heteroatoms. The molecule has 1 aromatic rings. The molecule has 0 N–H and O–H groups in total. The van der Waals surface area contributed by atoms with E-state index in [2.05, 4.69) is 13.0 Å². The van der Waals surface area contributed by atoms with Gasteiger partial charge in [0.25, 0.3) is 0 Å². The number of aryl methyl sites for hydroxylation is 1. The lowest BCUT2D eigenvalue weighted by Gasteiger charge is -2.33. The normalized spacial score (nSPS) is 31.7. The molecule has 0 amide bonds. The van der Waals surface area contributed by atoms with E-state index in [1.165, 1.54) is 17.1 Å². The first-order chi connectivity index (χ1) is 8.75. The number of hydrogen-bond acceptors (Lipinski definition) is 3. The van der Waals surface area contributed by atoms with E-state index in [0.29, 0.717) is 13.2 Å². The van der Waals surface area contributed by atoms with Gasteiger partial charge in [-0.05, 0) is 37.1 Å². The molecule has 2 unspecified atom stereocenters. The van der Waals surface area contributed by atoms with Crippen LogP contribution in [0.15, 0.2) is 29.8 Å². The summed E-state index contributed by atoms with van der Waals surface area (Å²) in [6.07, 6.45) is 2.12. The fraction of sp³-hybridized carbons (Fsp3) is 0.400. The summed E-state index contributed by atoms with van der Waals surface area (Å²) in [7, 11) is 0. The molecule has 1 saturated carbocycles. The molecular formula is C15H15O3. The first kappa shape index (κ1) is 10.4. The number of hydrogen-bond donors (Lipinski definition) is 0. The van der Waals surface area contributed by atoms with E-state index in [9.17, 15) is 0 Å². The highest BCUT2D eigenvalue weighted by molar-refractivity contribution is 5.83. The highest BCUT2D eigenvalue weighted by Gasteiger charge is 2.75. The molecule has 1 aliphatic heterocycles. The quantitative estimate of drug-likeness (QED) is 0.816. The van der Waals surface area contributed by atoms with Gasteiger partial charge in [-0.1, -0.05) is 12.1 Å². The standard InChI is InChI=1S/C15H15O3/c1-3-17-15(10-7-11(10)15)14-8-16-12-5-4-9(2)6-13(12)18-14/h4-7,14H,3,8H2,1-2H3. The van der Waals surface area contributed by atoms with Crippen LogP contribution in [0.4, 0.5) is 0 Å². The van der Waals surface area contributed by atoms with E-state index in [4.69, 9.17) is 14.2 Å². The SMILES string of the molecule is CCOC1(C2COc3ccc(C)cc3O2)[C]2C=C21. The monoisotopic (exact) mass is 243 g/mol. The van der Waals surface area contributed by atoms with E-state index < -0.39 is 0 Å². The summed E-state index contributed by atoms with van der Waals surface area (Å²) in [6, 6.07) is 6.02. The van der Waals surface area contributed by atoms with Gasteiger partial charge in [0.15, 0.2) is 17.6 Å². The van der Waals surface area contributed by atoms with Crippen LogP contribution in [0.2, 0.25) is 0 Å². The van der Waals surface area contributed by atoms with Crippen LogP contribution < -0.4 is 9.47 Å². The summed E-state index contributed by atoms with van der Waals surface area (Å²) in [5.41, 5.74) is 2.24. The summed E-state index contributed by atoms with van der Waals surface area (Å²) in [4.78, 5) is 0. The maximum absolute atomic E-state index is 6.08. The predicted molar refractivity (Wildman–Crippen MR) is 66.8 cm³/mol. The smallest absolute Gasteiger partial charge is 0.167 e. The van der Waals surface area contributed by atoms with Gasteiger partial charge in [-0.25, -0.2) is 0 Å². The van der Waals surface area contributed by atoms with Crippen molar-refractivity contribution in [2.24, 2.45) is 0 Å². The van der Waals surface area contributed by atoms with Crippen LogP contribution in [0.5, 0.6) is 11.5 Å². The van der Waals surface area contributed by atoms with Crippen LogP contribution in [0.25, 0.3) is 0 Å². The van der Waals surface area contributed by atoms with Crippen molar-refractivity contribution >= 4 is 0 Å². The third-order valence-electron chi connectivity index (χ3n) is 3.82. The molecule has 1 aromatic carbocycles. The fourth-order valence-electron chi connectivity index (χ4n) is 2.77. The Morgan fingerprint density at radius 1 is 1.39 bits per heavy atom. The van der Waals surface area contributed by atoms with E-state index in [0.717, 1.165) is 11.5 Å². The van der Waals surface area contributed by atoms with Gasteiger partial charge in [0.05, 0.1) is 5.92 Å². The minimum Gasteiger partial charge on any atom is -0.486 e. The number of rotatable bonds is 3. The van der Waals surface area contributed by atoms with Crippen molar-refractivity contribution in [2.75, 3.05) is 13.2 Å². The van der Waals surface area contributed by atoms with Gasteiger partial charge in [-0.3, -0.25) is 0 Å². The maximum atomic E-state index is 6.08. The Bertz CT molecular complexity index is 549. The van der Waals surface area contributed by atoms with Crippen molar-refractivity contribution in [1.29, 1.82) is 0 Å². The number of fused-ring (bicyclic) bond motifs is 2. The van der Waals surface area contributed by atoms with E-state index in [1.54, 1.807) is 0 Å². The molecule has 0 saturated heterocycles. The summed E-state index contributed by atoms with van der Waals surface area (Å²) in [5, 5.41) is 0. The molecule has 0 aromatic heterocycles. The fourth-order valence-corrected chi connectivity index (χ4v) is 2.77. The van der Waals surface area contributed by atoms with Gasteiger partial charge in [0.1, 0.15) is 12.2 Å². The molecule has 93 valence electrons. The highest BCUT2D eigenvalue weighted by atomic mass is 16.6. The summed E-state index contributed by atoms with van der Waals surface area (Å²) in [6.45, 7) is 5.32. The van der Waals surface area contributed by atoms with Crippen molar-refractivity contribution < 1.29 is 14.2 Å². The Morgan fingerprint density at radius 2 is 2.22 bits per heavy atom. The first-order valence-electron chi connectivity index (χ1n) is 6.39. The third-order valence-corrected chi connectivity index (χ3v) is 3.82. The molecule has 0 spiro atoms. The van der Waals surface area contributed by atoms with Crippen LogP contribution >= 0.6 is 0 Å². The van der Waals surface area contributed by atoms with Crippen LogP contribution in [-0.4, -0.2) is 24.9 Å². The zero-order valence-electron chi connectivity index (χ0n) is 10.5. The number of benzene rings is 1. The van der Waals surface area contributed by atoms with Crippen molar-refractivity contribution in [3.05, 3.63) is 41.3 Å². The van der Waals surface area contributed by atoms with Crippen molar-refractivity contribution in [3.63, 3.8) is 0 Å². The van der Waals surface area contributed by atoms with Crippen molar-refractivity contribution in [3.8, 4) is 11.5 Å². The molecule has 3 aliphatic rings. The zero-order valence-corrected chi connectivity index (χ0v) is 10.5. The van der Waals surface area contributed by atoms with Crippen LogP contribution in [0.1, 0.15) is 12.5 Å². The Hall–Kier alpha value is -1.48. The summed E-state index contributed by atoms with van der Waals surface area (Å²) in [5.74, 6) is 2.98. The van der Waals surface area contributed by atoms with Crippen molar-refractivity contribution in [1.82, 2.24) is 0 Å². The van der Waals surface area contributed by atoms with Crippen LogP contribution in [-0.2, 0) is 4.74 Å². The van der Waals surface area contributed by atoms with Gasteiger partial charge in [0, 0.05) is 6.61 Å². The second-order valence-corrected chi connectivity index (χ2v) is 5.01. The summed E-state index contributed by atoms with van der Waals surface area (Å²) >= 11 is 0. The Labute approximate surface area is 106 Å². The lowest BCUT2D eigenvalue weighted by molar-refractivity contribution is -0.0567. The number of ether oxygens (including phenoxy) is 3. The van der Waals surface area contributed by atoms with Crippen molar-refractivity contribution in [2.45, 2.75) is 25.6 Å². The molecule has 1 heterocycles. The molecule has 0 bridgehead atoms. The maximum Gasteiger partial charge on any atom is 0.167 e. The van der Waals surface area contributed by atoms with E-state index in [-0.39, 0.29) is 11.7 Å². The zero-order chi connectivity index (χ0) is 12.3. The molecule has 1 radical (unpaired) electrons. The second-order valence-electron chi connectivity index (χ2n) is 5.01. The molecule has 4 rings (SSSR count). The highest BCUT2D eigenvalue weighted by Crippen LogP contribution is 2.70. The van der Waals surface area contributed by atoms with Gasteiger partial charge in [0.2, 0.25) is 0 Å². The van der Waals surface area contributed by atoms with Gasteiger partial charge >= 0.3 is 0 Å².